The van der Waals surface area contributed by atoms with E-state index in [1.807, 2.05) is 4.90 Å². The molecule has 1 aliphatic carbocycles. The number of nitrogen functional groups attached to an aromatic ring is 1. The van der Waals surface area contributed by atoms with E-state index in [1.54, 1.807) is 18.3 Å². The molecule has 6 heteroatoms. The first-order valence-electron chi connectivity index (χ1n) is 7.74. The van der Waals surface area contributed by atoms with E-state index >= 15 is 0 Å². The Bertz CT molecular complexity index is 475. The predicted octanol–water partition coefficient (Wildman–Crippen LogP) is 1.07. The predicted molar refractivity (Wildman–Crippen MR) is 81.8 cm³/mol. The van der Waals surface area contributed by atoms with Gasteiger partial charge in [-0.1, -0.05) is 12.8 Å². The monoisotopic (exact) mass is 289 g/mol. The van der Waals surface area contributed by atoms with Gasteiger partial charge in [-0.3, -0.25) is 15.5 Å². The molecule has 2 fully saturated rings. The molecule has 0 radical (unpaired) electrons. The lowest BCUT2D eigenvalue weighted by Crippen LogP contribution is -2.51. The van der Waals surface area contributed by atoms with Gasteiger partial charge in [0.25, 0.3) is 5.91 Å². The van der Waals surface area contributed by atoms with Crippen molar-refractivity contribution < 1.29 is 4.79 Å². The molecule has 6 nitrogen and oxygen atoms in total. The smallest absolute Gasteiger partial charge is 0.272 e. The standard InChI is InChI=1S/C15H23N5O/c16-18-12-5-6-14(17-11-12)15(21)20-9-7-19(8-10-20)13-3-1-2-4-13/h5-6,11,13,18H,1-4,7-10,16H2. The zero-order valence-electron chi connectivity index (χ0n) is 12.3. The molecule has 0 bridgehead atoms. The third-order valence-corrected chi connectivity index (χ3v) is 4.59. The van der Waals surface area contributed by atoms with Crippen molar-refractivity contribution in [2.75, 3.05) is 31.6 Å². The van der Waals surface area contributed by atoms with Gasteiger partial charge in [-0.25, -0.2) is 4.98 Å². The van der Waals surface area contributed by atoms with Crippen molar-refractivity contribution in [1.82, 2.24) is 14.8 Å². The molecule has 2 heterocycles. The molecular formula is C15H23N5O. The molecule has 114 valence electrons. The van der Waals surface area contributed by atoms with E-state index < -0.39 is 0 Å². The van der Waals surface area contributed by atoms with Crippen molar-refractivity contribution in [3.8, 4) is 0 Å². The highest BCUT2D eigenvalue weighted by Gasteiger charge is 2.28. The topological polar surface area (TPSA) is 74.5 Å². The molecule has 2 aliphatic rings. The van der Waals surface area contributed by atoms with E-state index in [0.29, 0.717) is 11.4 Å². The number of hydrazine groups is 1. The highest BCUT2D eigenvalue weighted by Crippen LogP contribution is 2.24. The summed E-state index contributed by atoms with van der Waals surface area (Å²) in [6, 6.07) is 4.24. The molecule has 3 rings (SSSR count). The van der Waals surface area contributed by atoms with Crippen LogP contribution in [-0.4, -0.2) is 52.9 Å². The number of aromatic nitrogens is 1. The van der Waals surface area contributed by atoms with Gasteiger partial charge in [0.05, 0.1) is 11.9 Å². The molecule has 1 aromatic rings. The SMILES string of the molecule is NNc1ccc(C(=O)N2CCN(C3CCCC3)CC2)nc1. The number of hydrogen-bond donors (Lipinski definition) is 2. The van der Waals surface area contributed by atoms with Crippen LogP contribution in [0, 0.1) is 0 Å². The molecule has 21 heavy (non-hydrogen) atoms. The summed E-state index contributed by atoms with van der Waals surface area (Å²) in [6.45, 7) is 3.57. The minimum Gasteiger partial charge on any atom is -0.335 e. The number of rotatable bonds is 3. The van der Waals surface area contributed by atoms with Crippen LogP contribution in [-0.2, 0) is 0 Å². The van der Waals surface area contributed by atoms with Crippen molar-refractivity contribution in [3.05, 3.63) is 24.0 Å². The Hall–Kier alpha value is -1.66. The third kappa shape index (κ3) is 3.16. The molecule has 1 saturated heterocycles. The maximum Gasteiger partial charge on any atom is 0.272 e. The minimum atomic E-state index is 0.0182. The van der Waals surface area contributed by atoms with Crippen molar-refractivity contribution in [3.63, 3.8) is 0 Å². The van der Waals surface area contributed by atoms with Gasteiger partial charge in [-0.2, -0.15) is 0 Å². The number of anilines is 1. The quantitative estimate of drug-likeness (QED) is 0.643. The van der Waals surface area contributed by atoms with E-state index in [4.69, 9.17) is 5.84 Å². The van der Waals surface area contributed by atoms with Crippen LogP contribution in [0.15, 0.2) is 18.3 Å². The summed E-state index contributed by atoms with van der Waals surface area (Å²) in [6.07, 6.45) is 6.94. The number of amides is 1. The van der Waals surface area contributed by atoms with Crippen LogP contribution in [0.1, 0.15) is 36.2 Å². The van der Waals surface area contributed by atoms with E-state index in [0.717, 1.165) is 32.2 Å². The molecule has 3 N–H and O–H groups in total. The fraction of sp³-hybridized carbons (Fsp3) is 0.600. The molecule has 1 aromatic heterocycles. The summed E-state index contributed by atoms with van der Waals surface area (Å²) in [5, 5.41) is 0. The number of hydrogen-bond acceptors (Lipinski definition) is 5. The lowest BCUT2D eigenvalue weighted by atomic mass is 10.1. The Labute approximate surface area is 125 Å². The molecule has 1 saturated carbocycles. The lowest BCUT2D eigenvalue weighted by molar-refractivity contribution is 0.0568. The van der Waals surface area contributed by atoms with E-state index in [9.17, 15) is 4.79 Å². The van der Waals surface area contributed by atoms with Crippen molar-refractivity contribution in [2.45, 2.75) is 31.7 Å². The number of nitrogens with zero attached hydrogens (tertiary/aromatic N) is 3. The van der Waals surface area contributed by atoms with Gasteiger partial charge < -0.3 is 10.3 Å². The van der Waals surface area contributed by atoms with Gasteiger partial charge in [0, 0.05) is 32.2 Å². The first-order valence-corrected chi connectivity index (χ1v) is 7.74. The Morgan fingerprint density at radius 1 is 1.19 bits per heavy atom. The Balaban J connectivity index is 1.56. The minimum absolute atomic E-state index is 0.0182. The second-order valence-electron chi connectivity index (χ2n) is 5.84. The lowest BCUT2D eigenvalue weighted by Gasteiger charge is -2.37. The third-order valence-electron chi connectivity index (χ3n) is 4.59. The van der Waals surface area contributed by atoms with Crippen LogP contribution in [0.5, 0.6) is 0 Å². The van der Waals surface area contributed by atoms with Crippen LogP contribution < -0.4 is 11.3 Å². The van der Waals surface area contributed by atoms with Crippen LogP contribution in [0.3, 0.4) is 0 Å². The van der Waals surface area contributed by atoms with Crippen LogP contribution in [0.2, 0.25) is 0 Å². The number of pyridine rings is 1. The van der Waals surface area contributed by atoms with Crippen molar-refractivity contribution in [2.24, 2.45) is 5.84 Å². The first kappa shape index (κ1) is 14.3. The van der Waals surface area contributed by atoms with Gasteiger partial charge in [-0.15, -0.1) is 0 Å². The van der Waals surface area contributed by atoms with E-state index in [-0.39, 0.29) is 5.91 Å². The highest BCUT2D eigenvalue weighted by atomic mass is 16.2. The summed E-state index contributed by atoms with van der Waals surface area (Å²) in [4.78, 5) is 21.0. The Morgan fingerprint density at radius 2 is 1.90 bits per heavy atom. The maximum atomic E-state index is 12.4. The van der Waals surface area contributed by atoms with Crippen molar-refractivity contribution in [1.29, 1.82) is 0 Å². The molecule has 0 aromatic carbocycles. The first-order chi connectivity index (χ1) is 10.3. The average Bonchev–Trinajstić information content (AvgIpc) is 3.09. The largest absolute Gasteiger partial charge is 0.335 e. The molecular weight excluding hydrogens is 266 g/mol. The van der Waals surface area contributed by atoms with Gasteiger partial charge >= 0.3 is 0 Å². The normalized spacial score (nSPS) is 20.7. The zero-order valence-corrected chi connectivity index (χ0v) is 12.3. The van der Waals surface area contributed by atoms with Gasteiger partial charge in [0.1, 0.15) is 5.69 Å². The zero-order chi connectivity index (χ0) is 14.7. The highest BCUT2D eigenvalue weighted by molar-refractivity contribution is 5.92. The number of nitrogens with one attached hydrogen (secondary N) is 1. The summed E-state index contributed by atoms with van der Waals surface area (Å²) in [5.74, 6) is 5.32. The number of piperazine rings is 1. The van der Waals surface area contributed by atoms with E-state index in [2.05, 4.69) is 15.3 Å². The van der Waals surface area contributed by atoms with Crippen LogP contribution >= 0.6 is 0 Å². The molecule has 0 atom stereocenters. The average molecular weight is 289 g/mol. The fourth-order valence-electron chi connectivity index (χ4n) is 3.33. The fourth-order valence-corrected chi connectivity index (χ4v) is 3.33. The van der Waals surface area contributed by atoms with Crippen LogP contribution in [0.25, 0.3) is 0 Å². The molecule has 1 amide bonds. The molecule has 0 unspecified atom stereocenters. The summed E-state index contributed by atoms with van der Waals surface area (Å²) < 4.78 is 0. The second-order valence-corrected chi connectivity index (χ2v) is 5.84. The number of nitrogens with two attached hydrogens (primary N) is 1. The Morgan fingerprint density at radius 3 is 2.48 bits per heavy atom. The summed E-state index contributed by atoms with van der Waals surface area (Å²) in [7, 11) is 0. The number of carbonyl (C=O) groups excluding carboxylic acids is 1. The molecule has 0 spiro atoms. The Kier molecular flexibility index (Phi) is 4.36. The summed E-state index contributed by atoms with van der Waals surface area (Å²) in [5.41, 5.74) is 3.71. The number of carbonyl (C=O) groups is 1. The van der Waals surface area contributed by atoms with Crippen molar-refractivity contribution >= 4 is 11.6 Å². The van der Waals surface area contributed by atoms with Crippen LogP contribution in [0.4, 0.5) is 5.69 Å². The van der Waals surface area contributed by atoms with E-state index in [1.165, 1.54) is 25.7 Å². The van der Waals surface area contributed by atoms with Gasteiger partial charge in [0.2, 0.25) is 0 Å². The van der Waals surface area contributed by atoms with Gasteiger partial charge in [-0.05, 0) is 25.0 Å². The molecule has 1 aliphatic heterocycles. The summed E-state index contributed by atoms with van der Waals surface area (Å²) >= 11 is 0. The maximum absolute atomic E-state index is 12.4. The van der Waals surface area contributed by atoms with Gasteiger partial charge in [0.15, 0.2) is 0 Å². The second kappa shape index (κ2) is 6.41.